The summed E-state index contributed by atoms with van der Waals surface area (Å²) in [6.07, 6.45) is 4.14. The van der Waals surface area contributed by atoms with E-state index in [1.807, 2.05) is 30.3 Å². The molecule has 0 amide bonds. The van der Waals surface area contributed by atoms with Crippen LogP contribution >= 0.6 is 0 Å². The number of carboxylic acid groups (broad SMARTS) is 1. The highest BCUT2D eigenvalue weighted by atomic mass is 16.4. The van der Waals surface area contributed by atoms with Crippen molar-refractivity contribution >= 4 is 12.0 Å². The van der Waals surface area contributed by atoms with E-state index < -0.39 is 5.97 Å². The second-order valence-corrected chi connectivity index (χ2v) is 4.07. The number of rotatable bonds is 4. The summed E-state index contributed by atoms with van der Waals surface area (Å²) in [5.74, 6) is -0.839. The molecule has 1 fully saturated rings. The highest BCUT2D eigenvalue weighted by molar-refractivity contribution is 5.71. The average Bonchev–Trinajstić information content (AvgIpc) is 2.22. The molecule has 16 heavy (non-hydrogen) atoms. The number of likely N-dealkylation sites (tertiary alicyclic amines) is 1. The first-order valence-electron chi connectivity index (χ1n) is 5.42. The maximum atomic E-state index is 10.6. The molecule has 84 valence electrons. The van der Waals surface area contributed by atoms with E-state index in [0.29, 0.717) is 13.1 Å². The van der Waals surface area contributed by atoms with Gasteiger partial charge in [-0.05, 0) is 5.56 Å². The number of benzene rings is 1. The summed E-state index contributed by atoms with van der Waals surface area (Å²) >= 11 is 0. The fourth-order valence-electron chi connectivity index (χ4n) is 1.78. The Kier molecular flexibility index (Phi) is 3.37. The molecule has 0 radical (unpaired) electrons. The lowest BCUT2D eigenvalue weighted by molar-refractivity contribution is -0.147. The van der Waals surface area contributed by atoms with Gasteiger partial charge in [0.2, 0.25) is 0 Å². The molecule has 3 nitrogen and oxygen atoms in total. The molecule has 1 aliphatic rings. The monoisotopic (exact) mass is 217 g/mol. The minimum atomic E-state index is -0.678. The predicted octanol–water partition coefficient (Wildman–Crippen LogP) is 1.72. The van der Waals surface area contributed by atoms with Crippen LogP contribution in [0.1, 0.15) is 5.56 Å². The number of carbonyl (C=O) groups is 1. The van der Waals surface area contributed by atoms with Crippen LogP contribution in [0.15, 0.2) is 36.4 Å². The van der Waals surface area contributed by atoms with Gasteiger partial charge in [0.25, 0.3) is 0 Å². The van der Waals surface area contributed by atoms with E-state index >= 15 is 0 Å². The number of nitrogens with zero attached hydrogens (tertiary/aromatic N) is 1. The van der Waals surface area contributed by atoms with Gasteiger partial charge in [0.05, 0.1) is 5.92 Å². The van der Waals surface area contributed by atoms with Gasteiger partial charge in [-0.25, -0.2) is 0 Å². The van der Waals surface area contributed by atoms with Crippen LogP contribution in [-0.4, -0.2) is 35.6 Å². The second kappa shape index (κ2) is 4.94. The van der Waals surface area contributed by atoms with E-state index in [1.165, 1.54) is 5.56 Å². The van der Waals surface area contributed by atoms with Gasteiger partial charge < -0.3 is 5.11 Å². The van der Waals surface area contributed by atoms with Crippen LogP contribution < -0.4 is 0 Å². The third-order valence-electron chi connectivity index (χ3n) is 2.78. The minimum Gasteiger partial charge on any atom is -0.481 e. The van der Waals surface area contributed by atoms with Crippen molar-refractivity contribution in [2.24, 2.45) is 5.92 Å². The van der Waals surface area contributed by atoms with Gasteiger partial charge >= 0.3 is 5.97 Å². The Bertz CT molecular complexity index is 380. The maximum Gasteiger partial charge on any atom is 0.309 e. The summed E-state index contributed by atoms with van der Waals surface area (Å²) in [7, 11) is 0. The Morgan fingerprint density at radius 1 is 1.38 bits per heavy atom. The molecule has 1 saturated heterocycles. The first kappa shape index (κ1) is 10.9. The highest BCUT2D eigenvalue weighted by Gasteiger charge is 2.31. The van der Waals surface area contributed by atoms with E-state index in [0.717, 1.165) is 6.54 Å². The first-order valence-corrected chi connectivity index (χ1v) is 5.42. The lowest BCUT2D eigenvalue weighted by atomic mass is 10.0. The number of hydrogen-bond donors (Lipinski definition) is 1. The minimum absolute atomic E-state index is 0.162. The Morgan fingerprint density at radius 3 is 2.69 bits per heavy atom. The molecule has 1 aromatic carbocycles. The number of carboxylic acids is 1. The predicted molar refractivity (Wildman–Crippen MR) is 63.0 cm³/mol. The summed E-state index contributed by atoms with van der Waals surface area (Å²) < 4.78 is 0. The third kappa shape index (κ3) is 2.70. The topological polar surface area (TPSA) is 40.5 Å². The van der Waals surface area contributed by atoms with Crippen molar-refractivity contribution < 1.29 is 9.90 Å². The van der Waals surface area contributed by atoms with Crippen molar-refractivity contribution in [3.63, 3.8) is 0 Å². The molecule has 0 saturated carbocycles. The Balaban J connectivity index is 1.74. The Morgan fingerprint density at radius 2 is 2.06 bits per heavy atom. The van der Waals surface area contributed by atoms with Gasteiger partial charge in [-0.15, -0.1) is 0 Å². The summed E-state index contributed by atoms with van der Waals surface area (Å²) in [4.78, 5) is 12.7. The van der Waals surface area contributed by atoms with Crippen LogP contribution in [-0.2, 0) is 4.79 Å². The van der Waals surface area contributed by atoms with Crippen molar-refractivity contribution in [1.29, 1.82) is 0 Å². The van der Waals surface area contributed by atoms with Crippen LogP contribution in [0.5, 0.6) is 0 Å². The molecule has 1 aliphatic heterocycles. The molecule has 1 N–H and O–H groups in total. The largest absolute Gasteiger partial charge is 0.481 e. The average molecular weight is 217 g/mol. The van der Waals surface area contributed by atoms with Gasteiger partial charge in [-0.2, -0.15) is 0 Å². The Labute approximate surface area is 95.0 Å². The summed E-state index contributed by atoms with van der Waals surface area (Å²) in [5, 5.41) is 8.71. The van der Waals surface area contributed by atoms with Crippen LogP contribution in [0.2, 0.25) is 0 Å². The van der Waals surface area contributed by atoms with Crippen molar-refractivity contribution in [2.75, 3.05) is 19.6 Å². The lowest BCUT2D eigenvalue weighted by Gasteiger charge is -2.35. The Hall–Kier alpha value is -1.61. The SMILES string of the molecule is O=C(O)C1CN(C/C=C/c2ccccc2)C1. The molecule has 0 bridgehead atoms. The molecular weight excluding hydrogens is 202 g/mol. The zero-order valence-electron chi connectivity index (χ0n) is 9.04. The molecule has 0 atom stereocenters. The van der Waals surface area contributed by atoms with Gasteiger partial charge in [0.15, 0.2) is 0 Å². The highest BCUT2D eigenvalue weighted by Crippen LogP contribution is 2.15. The van der Waals surface area contributed by atoms with Crippen molar-refractivity contribution in [1.82, 2.24) is 4.90 Å². The van der Waals surface area contributed by atoms with Crippen molar-refractivity contribution in [3.8, 4) is 0 Å². The molecule has 2 rings (SSSR count). The second-order valence-electron chi connectivity index (χ2n) is 4.07. The van der Waals surface area contributed by atoms with Crippen molar-refractivity contribution in [2.45, 2.75) is 0 Å². The quantitative estimate of drug-likeness (QED) is 0.834. The fraction of sp³-hybridized carbons (Fsp3) is 0.308. The number of aliphatic carboxylic acids is 1. The normalized spacial score (nSPS) is 17.5. The maximum absolute atomic E-state index is 10.6. The fourth-order valence-corrected chi connectivity index (χ4v) is 1.78. The van der Waals surface area contributed by atoms with E-state index in [9.17, 15) is 4.79 Å². The third-order valence-corrected chi connectivity index (χ3v) is 2.78. The lowest BCUT2D eigenvalue weighted by Crippen LogP contribution is -2.50. The molecule has 0 spiro atoms. The summed E-state index contributed by atoms with van der Waals surface area (Å²) in [6, 6.07) is 10.1. The first-order chi connectivity index (χ1) is 7.75. The smallest absolute Gasteiger partial charge is 0.309 e. The molecule has 3 heteroatoms. The van der Waals surface area contributed by atoms with Crippen LogP contribution in [0.3, 0.4) is 0 Å². The van der Waals surface area contributed by atoms with Gasteiger partial charge in [-0.3, -0.25) is 9.69 Å². The van der Waals surface area contributed by atoms with Crippen LogP contribution in [0.4, 0.5) is 0 Å². The number of hydrogen-bond acceptors (Lipinski definition) is 2. The van der Waals surface area contributed by atoms with Gasteiger partial charge in [0, 0.05) is 19.6 Å². The molecule has 0 aromatic heterocycles. The molecule has 0 aliphatic carbocycles. The van der Waals surface area contributed by atoms with Crippen molar-refractivity contribution in [3.05, 3.63) is 42.0 Å². The van der Waals surface area contributed by atoms with E-state index in [-0.39, 0.29) is 5.92 Å². The zero-order chi connectivity index (χ0) is 11.4. The molecule has 0 unspecified atom stereocenters. The van der Waals surface area contributed by atoms with E-state index in [4.69, 9.17) is 5.11 Å². The van der Waals surface area contributed by atoms with E-state index in [2.05, 4.69) is 17.1 Å². The van der Waals surface area contributed by atoms with E-state index in [1.54, 1.807) is 0 Å². The van der Waals surface area contributed by atoms with Crippen LogP contribution in [0.25, 0.3) is 6.08 Å². The molecule has 1 aromatic rings. The van der Waals surface area contributed by atoms with Gasteiger partial charge in [-0.1, -0.05) is 42.5 Å². The summed E-state index contributed by atoms with van der Waals surface area (Å²) in [5.41, 5.74) is 1.18. The molecule has 1 heterocycles. The van der Waals surface area contributed by atoms with Crippen LogP contribution in [0, 0.1) is 5.92 Å². The zero-order valence-corrected chi connectivity index (χ0v) is 9.04. The standard InChI is InChI=1S/C13H15NO2/c15-13(16)12-9-14(10-12)8-4-7-11-5-2-1-3-6-11/h1-7,12H,8-10H2,(H,15,16)/b7-4+. The summed E-state index contributed by atoms with van der Waals surface area (Å²) in [6.45, 7) is 2.18. The molecular formula is C13H15NO2. The van der Waals surface area contributed by atoms with Gasteiger partial charge in [0.1, 0.15) is 0 Å².